The average Bonchev–Trinajstić information content (AvgIpc) is 2.11. The Balaban J connectivity index is 4.28. The molecule has 0 aliphatic carbocycles. The summed E-state index contributed by atoms with van der Waals surface area (Å²) in [5.41, 5.74) is 0. The van der Waals surface area contributed by atoms with Gasteiger partial charge in [-0.15, -0.1) is 0 Å². The first-order valence-corrected chi connectivity index (χ1v) is 7.98. The van der Waals surface area contributed by atoms with E-state index < -0.39 is 10.8 Å². The molecule has 2 nitrogen and oxygen atoms in total. The van der Waals surface area contributed by atoms with E-state index in [1.807, 2.05) is 0 Å². The second kappa shape index (κ2) is 7.44. The average molecular weight is 247 g/mol. The molecular formula is C13H29NOS. The molecule has 0 bridgehead atoms. The van der Waals surface area contributed by atoms with Crippen molar-refractivity contribution in [1.82, 2.24) is 4.90 Å². The van der Waals surface area contributed by atoms with Crippen LogP contribution in [0.3, 0.4) is 0 Å². The molecule has 0 aromatic rings. The van der Waals surface area contributed by atoms with Crippen LogP contribution in [0.25, 0.3) is 0 Å². The fourth-order valence-corrected chi connectivity index (χ4v) is 3.10. The number of hydrogen-bond donors (Lipinski definition) is 0. The van der Waals surface area contributed by atoms with Crippen LogP contribution < -0.4 is 0 Å². The van der Waals surface area contributed by atoms with Gasteiger partial charge in [-0.05, 0) is 31.7 Å². The van der Waals surface area contributed by atoms with Crippen LogP contribution in [0, 0.1) is 17.8 Å². The maximum absolute atomic E-state index is 11.2. The van der Waals surface area contributed by atoms with Crippen molar-refractivity contribution >= 4 is 10.8 Å². The SMILES string of the molecule is CC(C)C(CN(C)[C@@H](C)C[S@](C)=O)C(C)C. The fourth-order valence-electron chi connectivity index (χ4n) is 2.17. The van der Waals surface area contributed by atoms with E-state index in [-0.39, 0.29) is 0 Å². The maximum Gasteiger partial charge on any atom is 0.0385 e. The molecule has 0 fully saturated rings. The molecule has 0 aromatic carbocycles. The lowest BCUT2D eigenvalue weighted by Crippen LogP contribution is -2.39. The minimum atomic E-state index is -0.694. The third-order valence-electron chi connectivity index (χ3n) is 3.44. The zero-order chi connectivity index (χ0) is 12.9. The van der Waals surface area contributed by atoms with Crippen LogP contribution in [0.5, 0.6) is 0 Å². The van der Waals surface area contributed by atoms with Crippen LogP contribution in [0.1, 0.15) is 34.6 Å². The molecule has 0 rings (SSSR count). The van der Waals surface area contributed by atoms with E-state index in [1.54, 1.807) is 6.26 Å². The smallest absolute Gasteiger partial charge is 0.0385 e. The molecule has 0 aliphatic heterocycles. The Kier molecular flexibility index (Phi) is 7.49. The predicted molar refractivity (Wildman–Crippen MR) is 74.2 cm³/mol. The second-order valence-electron chi connectivity index (χ2n) is 5.68. The van der Waals surface area contributed by atoms with E-state index in [0.717, 1.165) is 18.2 Å². The number of hydrogen-bond acceptors (Lipinski definition) is 2. The summed E-state index contributed by atoms with van der Waals surface area (Å²) in [5, 5.41) is 0. The lowest BCUT2D eigenvalue weighted by atomic mass is 9.85. The first-order chi connectivity index (χ1) is 7.25. The molecule has 0 unspecified atom stereocenters. The van der Waals surface area contributed by atoms with E-state index in [9.17, 15) is 4.21 Å². The van der Waals surface area contributed by atoms with Gasteiger partial charge in [0.25, 0.3) is 0 Å². The van der Waals surface area contributed by atoms with Crippen molar-refractivity contribution in [1.29, 1.82) is 0 Å². The highest BCUT2D eigenvalue weighted by Crippen LogP contribution is 2.22. The normalized spacial score (nSPS) is 16.4. The third-order valence-corrected chi connectivity index (χ3v) is 4.39. The lowest BCUT2D eigenvalue weighted by Gasteiger charge is -2.33. The van der Waals surface area contributed by atoms with Crippen LogP contribution in [0.2, 0.25) is 0 Å². The Labute approximate surface area is 104 Å². The van der Waals surface area contributed by atoms with E-state index in [4.69, 9.17) is 0 Å². The monoisotopic (exact) mass is 247 g/mol. The van der Waals surface area contributed by atoms with Gasteiger partial charge in [-0.25, -0.2) is 0 Å². The molecule has 0 saturated heterocycles. The first kappa shape index (κ1) is 16.1. The van der Waals surface area contributed by atoms with Gasteiger partial charge in [0.1, 0.15) is 0 Å². The van der Waals surface area contributed by atoms with Gasteiger partial charge < -0.3 is 4.90 Å². The molecule has 16 heavy (non-hydrogen) atoms. The summed E-state index contributed by atoms with van der Waals surface area (Å²) in [4.78, 5) is 2.35. The molecule has 0 N–H and O–H groups in total. The summed E-state index contributed by atoms with van der Waals surface area (Å²) in [5.74, 6) is 2.92. The molecule has 3 heteroatoms. The van der Waals surface area contributed by atoms with Gasteiger partial charge >= 0.3 is 0 Å². The van der Waals surface area contributed by atoms with E-state index >= 15 is 0 Å². The first-order valence-electron chi connectivity index (χ1n) is 6.26. The second-order valence-corrected chi connectivity index (χ2v) is 7.16. The van der Waals surface area contributed by atoms with Gasteiger partial charge in [0.05, 0.1) is 0 Å². The summed E-state index contributed by atoms with van der Waals surface area (Å²) in [6, 6.07) is 0.408. The highest BCUT2D eigenvalue weighted by atomic mass is 32.2. The van der Waals surface area contributed by atoms with Crippen molar-refractivity contribution in [3.63, 3.8) is 0 Å². The van der Waals surface area contributed by atoms with Crippen molar-refractivity contribution in [3.05, 3.63) is 0 Å². The quantitative estimate of drug-likeness (QED) is 0.689. The Morgan fingerprint density at radius 3 is 1.81 bits per heavy atom. The summed E-state index contributed by atoms with van der Waals surface area (Å²) in [6.45, 7) is 12.4. The summed E-state index contributed by atoms with van der Waals surface area (Å²) < 4.78 is 11.2. The topological polar surface area (TPSA) is 20.3 Å². The molecule has 98 valence electrons. The highest BCUT2D eigenvalue weighted by Gasteiger charge is 2.21. The fraction of sp³-hybridized carbons (Fsp3) is 1.00. The molecule has 0 spiro atoms. The van der Waals surface area contributed by atoms with Gasteiger partial charge in [0.15, 0.2) is 0 Å². The molecule has 0 heterocycles. The molecule has 0 aromatic heterocycles. The summed E-state index contributed by atoms with van der Waals surface area (Å²) in [6.07, 6.45) is 1.78. The van der Waals surface area contributed by atoms with Crippen LogP contribution in [-0.4, -0.2) is 40.8 Å². The van der Waals surface area contributed by atoms with Crippen LogP contribution in [0.15, 0.2) is 0 Å². The Bertz CT molecular complexity index is 208. The third kappa shape index (κ3) is 6.00. The van der Waals surface area contributed by atoms with Crippen molar-refractivity contribution in [3.8, 4) is 0 Å². The standard InChI is InChI=1S/C13H29NOS/c1-10(2)13(11(3)4)8-14(6)12(5)9-16(7)15/h10-13H,8-9H2,1-7H3/t12-,16-/m0/s1. The number of rotatable bonds is 7. The van der Waals surface area contributed by atoms with Crippen molar-refractivity contribution < 1.29 is 4.21 Å². The Morgan fingerprint density at radius 2 is 1.50 bits per heavy atom. The minimum absolute atomic E-state index is 0.408. The molecule has 2 atom stereocenters. The number of nitrogens with zero attached hydrogens (tertiary/aromatic N) is 1. The van der Waals surface area contributed by atoms with Crippen LogP contribution in [-0.2, 0) is 10.8 Å². The van der Waals surface area contributed by atoms with Gasteiger partial charge in [-0.3, -0.25) is 4.21 Å². The maximum atomic E-state index is 11.2. The van der Waals surface area contributed by atoms with Crippen molar-refractivity contribution in [2.24, 2.45) is 17.8 Å². The van der Waals surface area contributed by atoms with E-state index in [2.05, 4.69) is 46.6 Å². The minimum Gasteiger partial charge on any atom is -0.302 e. The van der Waals surface area contributed by atoms with Gasteiger partial charge in [0.2, 0.25) is 0 Å². The largest absolute Gasteiger partial charge is 0.302 e. The zero-order valence-corrected chi connectivity index (χ0v) is 12.8. The molecular weight excluding hydrogens is 218 g/mol. The van der Waals surface area contributed by atoms with E-state index in [0.29, 0.717) is 17.9 Å². The van der Waals surface area contributed by atoms with Crippen LogP contribution >= 0.6 is 0 Å². The van der Waals surface area contributed by atoms with Gasteiger partial charge in [-0.1, -0.05) is 27.7 Å². The highest BCUT2D eigenvalue weighted by molar-refractivity contribution is 7.84. The Morgan fingerprint density at radius 1 is 1.06 bits per heavy atom. The molecule has 0 amide bonds. The van der Waals surface area contributed by atoms with Crippen LogP contribution in [0.4, 0.5) is 0 Å². The van der Waals surface area contributed by atoms with Crippen molar-refractivity contribution in [2.45, 2.75) is 40.7 Å². The summed E-state index contributed by atoms with van der Waals surface area (Å²) >= 11 is 0. The van der Waals surface area contributed by atoms with E-state index in [1.165, 1.54) is 0 Å². The Hall–Kier alpha value is 0.110. The lowest BCUT2D eigenvalue weighted by molar-refractivity contribution is 0.167. The predicted octanol–water partition coefficient (Wildman–Crippen LogP) is 2.61. The molecule has 0 aliphatic rings. The zero-order valence-electron chi connectivity index (χ0n) is 12.0. The van der Waals surface area contributed by atoms with Crippen molar-refractivity contribution in [2.75, 3.05) is 25.6 Å². The van der Waals surface area contributed by atoms with Gasteiger partial charge in [-0.2, -0.15) is 0 Å². The molecule has 0 radical (unpaired) electrons. The molecule has 0 saturated carbocycles. The van der Waals surface area contributed by atoms with Gasteiger partial charge in [0, 0.05) is 35.4 Å². The summed E-state index contributed by atoms with van der Waals surface area (Å²) in [7, 11) is 1.45.